The van der Waals surface area contributed by atoms with Crippen molar-refractivity contribution in [3.8, 4) is 11.5 Å². The lowest BCUT2D eigenvalue weighted by atomic mass is 10.3. The van der Waals surface area contributed by atoms with Crippen LogP contribution in [0.4, 0.5) is 11.4 Å². The summed E-state index contributed by atoms with van der Waals surface area (Å²) in [5.41, 5.74) is 1.19. The molecule has 4 amide bonds. The summed E-state index contributed by atoms with van der Waals surface area (Å²) in [7, 11) is 0. The van der Waals surface area contributed by atoms with Crippen LogP contribution in [0.2, 0.25) is 0 Å². The topological polar surface area (TPSA) is 84.0 Å². The second-order valence-electron chi connectivity index (χ2n) is 9.47. The van der Waals surface area contributed by atoms with Crippen LogP contribution in [0.1, 0.15) is 12.8 Å². The van der Waals surface area contributed by atoms with Crippen LogP contribution >= 0.6 is 23.5 Å². The molecule has 4 aromatic rings. The van der Waals surface area contributed by atoms with Gasteiger partial charge in [-0.3, -0.25) is 19.2 Å². The molecule has 6 rings (SSSR count). The number of ether oxygens (including phenoxy) is 1. The van der Waals surface area contributed by atoms with E-state index in [4.69, 9.17) is 4.74 Å². The normalized spacial score (nSPS) is 18.8. The SMILES string of the molecule is O=C1C[C@H](Sc2ccc(Oc3ccc(S[C@H]4CC(=O)N(c5ccccc5)C4=O)cc3)cc2)C(=O)N1c1ccccc1. The molecule has 2 saturated heterocycles. The van der Waals surface area contributed by atoms with Gasteiger partial charge in [0.25, 0.3) is 0 Å². The molecule has 9 heteroatoms. The van der Waals surface area contributed by atoms with Gasteiger partial charge in [0.2, 0.25) is 23.6 Å². The summed E-state index contributed by atoms with van der Waals surface area (Å²) in [6, 6.07) is 32.7. The molecule has 41 heavy (non-hydrogen) atoms. The Hall–Kier alpha value is -4.34. The lowest BCUT2D eigenvalue weighted by Crippen LogP contribution is -2.30. The molecular weight excluding hydrogens is 556 g/mol. The van der Waals surface area contributed by atoms with Crippen LogP contribution in [0.25, 0.3) is 0 Å². The lowest BCUT2D eigenvalue weighted by Gasteiger charge is -2.15. The van der Waals surface area contributed by atoms with E-state index in [0.717, 1.165) is 9.79 Å². The number of benzene rings is 4. The summed E-state index contributed by atoms with van der Waals surface area (Å²) in [6.07, 6.45) is 0.317. The third kappa shape index (κ3) is 5.77. The lowest BCUT2D eigenvalue weighted by molar-refractivity contribution is -0.122. The third-order valence-electron chi connectivity index (χ3n) is 6.68. The van der Waals surface area contributed by atoms with E-state index in [-0.39, 0.29) is 36.5 Å². The van der Waals surface area contributed by atoms with Crippen molar-refractivity contribution in [1.29, 1.82) is 0 Å². The Bertz CT molecular complexity index is 1470. The zero-order valence-corrected chi connectivity index (χ0v) is 23.3. The number of rotatable bonds is 8. The largest absolute Gasteiger partial charge is 0.457 e. The van der Waals surface area contributed by atoms with E-state index < -0.39 is 10.5 Å². The van der Waals surface area contributed by atoms with E-state index >= 15 is 0 Å². The van der Waals surface area contributed by atoms with Crippen molar-refractivity contribution >= 4 is 58.5 Å². The number of imide groups is 2. The monoisotopic (exact) mass is 580 g/mol. The summed E-state index contributed by atoms with van der Waals surface area (Å²) in [5.74, 6) is 0.450. The fraction of sp³-hybridized carbons (Fsp3) is 0.125. The predicted octanol–water partition coefficient (Wildman–Crippen LogP) is 6.33. The molecule has 0 unspecified atom stereocenters. The zero-order valence-electron chi connectivity index (χ0n) is 21.7. The smallest absolute Gasteiger partial charge is 0.247 e. The molecule has 2 fully saturated rings. The number of thioether (sulfide) groups is 2. The number of amides is 4. The van der Waals surface area contributed by atoms with Crippen LogP contribution in [0.15, 0.2) is 119 Å². The Labute approximate surface area is 245 Å². The molecule has 0 spiro atoms. The highest BCUT2D eigenvalue weighted by molar-refractivity contribution is 8.01. The first kappa shape index (κ1) is 26.9. The number of carbonyl (C=O) groups is 4. The van der Waals surface area contributed by atoms with Crippen molar-refractivity contribution in [3.63, 3.8) is 0 Å². The molecule has 204 valence electrons. The Morgan fingerprint density at radius 2 is 0.878 bits per heavy atom. The minimum atomic E-state index is -0.471. The number of para-hydroxylation sites is 2. The molecular formula is C32H24N2O5S2. The maximum atomic E-state index is 12.9. The summed E-state index contributed by atoms with van der Waals surface area (Å²) >= 11 is 2.73. The molecule has 2 heterocycles. The highest BCUT2D eigenvalue weighted by Crippen LogP contribution is 2.37. The first-order valence-corrected chi connectivity index (χ1v) is 14.8. The van der Waals surface area contributed by atoms with Crippen LogP contribution < -0.4 is 14.5 Å². The first-order chi connectivity index (χ1) is 20.0. The fourth-order valence-electron chi connectivity index (χ4n) is 4.73. The summed E-state index contributed by atoms with van der Waals surface area (Å²) in [4.78, 5) is 55.1. The minimum Gasteiger partial charge on any atom is -0.457 e. The van der Waals surface area contributed by atoms with E-state index in [0.29, 0.717) is 22.9 Å². The van der Waals surface area contributed by atoms with Gasteiger partial charge < -0.3 is 4.74 Å². The molecule has 0 bridgehead atoms. The van der Waals surface area contributed by atoms with Crippen molar-refractivity contribution in [2.75, 3.05) is 9.80 Å². The third-order valence-corrected chi connectivity index (χ3v) is 9.07. The first-order valence-electron chi connectivity index (χ1n) is 13.0. The van der Waals surface area contributed by atoms with Crippen molar-refractivity contribution in [2.24, 2.45) is 0 Å². The molecule has 4 aromatic carbocycles. The van der Waals surface area contributed by atoms with Gasteiger partial charge in [-0.05, 0) is 72.8 Å². The van der Waals surface area contributed by atoms with E-state index in [2.05, 4.69) is 0 Å². The van der Waals surface area contributed by atoms with Gasteiger partial charge in [0.1, 0.15) is 11.5 Å². The van der Waals surface area contributed by atoms with Crippen LogP contribution in [0, 0.1) is 0 Å². The molecule has 2 atom stereocenters. The van der Waals surface area contributed by atoms with Crippen molar-refractivity contribution in [1.82, 2.24) is 0 Å². The van der Waals surface area contributed by atoms with Gasteiger partial charge in [-0.15, -0.1) is 23.5 Å². The number of anilines is 2. The van der Waals surface area contributed by atoms with Crippen LogP contribution in [0.5, 0.6) is 11.5 Å². The van der Waals surface area contributed by atoms with Gasteiger partial charge in [-0.25, -0.2) is 9.80 Å². The van der Waals surface area contributed by atoms with E-state index in [1.807, 2.05) is 60.7 Å². The molecule has 0 aliphatic carbocycles. The zero-order chi connectivity index (χ0) is 28.3. The van der Waals surface area contributed by atoms with Gasteiger partial charge in [-0.2, -0.15) is 0 Å². The molecule has 0 saturated carbocycles. The van der Waals surface area contributed by atoms with E-state index in [9.17, 15) is 19.2 Å². The van der Waals surface area contributed by atoms with E-state index in [1.54, 1.807) is 48.5 Å². The Kier molecular flexibility index (Phi) is 7.63. The average molecular weight is 581 g/mol. The maximum absolute atomic E-state index is 12.9. The second-order valence-corrected chi connectivity index (χ2v) is 12.0. The number of carbonyl (C=O) groups excluding carboxylic acids is 4. The fourth-order valence-corrected chi connectivity index (χ4v) is 6.83. The van der Waals surface area contributed by atoms with Gasteiger partial charge in [0.15, 0.2) is 0 Å². The molecule has 7 nitrogen and oxygen atoms in total. The minimum absolute atomic E-state index is 0.159. The Morgan fingerprint density at radius 1 is 0.512 bits per heavy atom. The highest BCUT2D eigenvalue weighted by atomic mass is 32.2. The van der Waals surface area contributed by atoms with Crippen LogP contribution in [-0.4, -0.2) is 34.1 Å². The van der Waals surface area contributed by atoms with Crippen LogP contribution in [-0.2, 0) is 19.2 Å². The molecule has 0 radical (unpaired) electrons. The Balaban J connectivity index is 1.04. The number of nitrogens with zero attached hydrogens (tertiary/aromatic N) is 2. The standard InChI is InChI=1S/C32H24N2O5S2/c35-29-19-27(31(37)33(29)21-7-3-1-4-8-21)40-25-15-11-23(12-16-25)39-24-13-17-26(18-14-24)41-28-20-30(36)34(32(28)38)22-9-5-2-6-10-22/h1-18,27-28H,19-20H2/t27-,28-/m0/s1. The second kappa shape index (κ2) is 11.6. The number of hydrogen-bond donors (Lipinski definition) is 0. The van der Waals surface area contributed by atoms with Crippen LogP contribution in [0.3, 0.4) is 0 Å². The summed E-state index contributed by atoms with van der Waals surface area (Å²) in [6.45, 7) is 0. The average Bonchev–Trinajstić information content (AvgIpc) is 3.43. The highest BCUT2D eigenvalue weighted by Gasteiger charge is 2.41. The van der Waals surface area contributed by atoms with E-state index in [1.165, 1.54) is 33.3 Å². The van der Waals surface area contributed by atoms with Gasteiger partial charge in [0, 0.05) is 22.6 Å². The molecule has 2 aliphatic heterocycles. The summed E-state index contributed by atoms with van der Waals surface area (Å²) in [5, 5.41) is -0.942. The molecule has 0 aromatic heterocycles. The van der Waals surface area contributed by atoms with Crippen molar-refractivity contribution in [3.05, 3.63) is 109 Å². The maximum Gasteiger partial charge on any atom is 0.247 e. The van der Waals surface area contributed by atoms with Crippen molar-refractivity contribution in [2.45, 2.75) is 33.1 Å². The summed E-state index contributed by atoms with van der Waals surface area (Å²) < 4.78 is 5.98. The van der Waals surface area contributed by atoms with Crippen molar-refractivity contribution < 1.29 is 23.9 Å². The van der Waals surface area contributed by atoms with Gasteiger partial charge in [0.05, 0.1) is 21.9 Å². The molecule has 0 N–H and O–H groups in total. The van der Waals surface area contributed by atoms with Gasteiger partial charge >= 0.3 is 0 Å². The quantitative estimate of drug-likeness (QED) is 0.225. The Morgan fingerprint density at radius 3 is 1.24 bits per heavy atom. The number of hydrogen-bond acceptors (Lipinski definition) is 7. The predicted molar refractivity (Wildman–Crippen MR) is 159 cm³/mol. The van der Waals surface area contributed by atoms with Gasteiger partial charge in [-0.1, -0.05) is 36.4 Å². The molecule has 2 aliphatic rings.